The lowest BCUT2D eigenvalue weighted by Gasteiger charge is -2.44. The van der Waals surface area contributed by atoms with Gasteiger partial charge in [0, 0.05) is 184 Å². The van der Waals surface area contributed by atoms with Crippen molar-refractivity contribution in [2.24, 2.45) is 0 Å². The van der Waals surface area contributed by atoms with Gasteiger partial charge >= 0.3 is 0 Å². The minimum absolute atomic E-state index is 0. The molecule has 0 saturated carbocycles. The Balaban J connectivity index is 0.000000212. The van der Waals surface area contributed by atoms with Gasteiger partial charge in [-0.3, -0.25) is 23.6 Å². The lowest BCUT2D eigenvalue weighted by atomic mass is 9.94. The summed E-state index contributed by atoms with van der Waals surface area (Å²) < 4.78 is 97.5. The van der Waals surface area contributed by atoms with Crippen molar-refractivity contribution in [1.82, 2.24) is 54.6 Å². The lowest BCUT2D eigenvalue weighted by molar-refractivity contribution is -0.00739. The first-order valence-electron chi connectivity index (χ1n) is 41.6. The third-order valence-electron chi connectivity index (χ3n) is 18.8. The summed E-state index contributed by atoms with van der Waals surface area (Å²) >= 11 is 0. The predicted molar refractivity (Wildman–Crippen MR) is 519 cm³/mol. The van der Waals surface area contributed by atoms with E-state index in [0.29, 0.717) is 73.2 Å². The minimum Gasteiger partial charge on any atom is -0.488 e. The Morgan fingerprint density at radius 3 is 0.993 bits per heavy atom. The Hall–Kier alpha value is -17.5. The van der Waals surface area contributed by atoms with Gasteiger partial charge in [-0.2, -0.15) is 18.6 Å². The molecule has 5 aromatic carbocycles. The van der Waals surface area contributed by atoms with Gasteiger partial charge in [0.2, 0.25) is 0 Å². The normalized spacial score (nSPS) is 13.0. The van der Waals surface area contributed by atoms with Crippen molar-refractivity contribution in [3.63, 3.8) is 0 Å². The first kappa shape index (κ1) is 104. The van der Waals surface area contributed by atoms with Gasteiger partial charge in [-0.05, 0) is 251 Å². The molecule has 0 spiro atoms. The van der Waals surface area contributed by atoms with E-state index in [1.807, 2.05) is 23.7 Å². The number of aromatic nitrogens is 8. The second-order valence-electron chi connectivity index (χ2n) is 28.3. The highest BCUT2D eigenvalue weighted by Crippen LogP contribution is 2.35. The molecule has 5 aliphatic heterocycles. The third kappa shape index (κ3) is 37.1. The van der Waals surface area contributed by atoms with E-state index in [0.717, 1.165) is 69.6 Å². The quantitative estimate of drug-likeness (QED) is 0.0602. The number of nitrogens with one attached hydrogen (secondary N) is 3. The molecule has 14 rings (SSSR count). The number of nitrogens with zero attached hydrogens (tertiary/aromatic N) is 8. The van der Waals surface area contributed by atoms with Crippen LogP contribution in [0.15, 0.2) is 155 Å². The van der Waals surface area contributed by atoms with E-state index in [1.54, 1.807) is 68.0 Å². The second kappa shape index (κ2) is 58.9. The van der Waals surface area contributed by atoms with E-state index in [4.69, 9.17) is 39.3 Å². The Labute approximate surface area is 793 Å². The molecule has 9 aromatic rings. The molecular weight excluding hydrogens is 1740 g/mol. The number of ether oxygens (including phenoxy) is 5. The number of terminal acetylenes is 1. The van der Waals surface area contributed by atoms with Gasteiger partial charge in [-0.15, -0.1) is 6.42 Å². The van der Waals surface area contributed by atoms with Gasteiger partial charge < -0.3 is 39.0 Å². The van der Waals surface area contributed by atoms with Crippen LogP contribution < -0.4 is 30.6 Å². The van der Waals surface area contributed by atoms with Gasteiger partial charge in [0.25, 0.3) is 21.2 Å². The average molecular weight is 1820 g/mol. The minimum atomic E-state index is -3.66. The fourth-order valence-electron chi connectivity index (χ4n) is 12.4. The Morgan fingerprint density at radius 2 is 0.706 bits per heavy atom. The number of hydrogen-bond acceptors (Lipinski definition) is 17. The summed E-state index contributed by atoms with van der Waals surface area (Å²) in [5.74, 6) is 105. The fraction of sp³-hybridized carbons (Fsp3) is 0.261. The molecule has 4 aromatic heterocycles. The molecule has 5 saturated heterocycles. The first-order chi connectivity index (χ1) is 65.9. The van der Waals surface area contributed by atoms with Crippen LogP contribution >= 0.6 is 0 Å². The van der Waals surface area contributed by atoms with Crippen LogP contribution in [0.1, 0.15) is 121 Å². The topological polar surface area (TPSA) is 235 Å². The van der Waals surface area contributed by atoms with Gasteiger partial charge in [0.05, 0.1) is 42.8 Å². The molecule has 25 heteroatoms. The van der Waals surface area contributed by atoms with Gasteiger partial charge in [-0.1, -0.05) is 85.9 Å². The lowest BCUT2D eigenvalue weighted by Crippen LogP contribution is -2.55. The number of fused-ring (bicyclic) bond motifs is 2. The van der Waals surface area contributed by atoms with Crippen molar-refractivity contribution in [3.8, 4) is 266 Å². The maximum atomic E-state index is 13.0. The summed E-state index contributed by atoms with van der Waals surface area (Å²) in [4.78, 5) is 44.0. The summed E-state index contributed by atoms with van der Waals surface area (Å²) in [5, 5.41) is 12.7. The van der Waals surface area contributed by atoms with Crippen molar-refractivity contribution in [2.45, 2.75) is 116 Å². The monoisotopic (exact) mass is 1820 g/mol. The SMILES string of the molecule is C.C#CC#CC.CC#CC#CC#CC#CC#CC#CC#CC#CC#CC#CC#CC#CC#CC#CC#CC#CC#CC#CC#CC.C[C@H](OS(C)(=O)=O)c1nc2c(cnn2C2CCOCC2)c(=O)[nH]1.C[C@H](c1nc2c(cnn2C2CCOCC2)c(=O)[nH]1)N1CC(Oc2ccc(F)cc2)C1.Fc1ccc(OC2CN(C(c3ccccc3)c3ccccc3)C2)cc1.Fc1ccc(OC2CNC2)cc1. The van der Waals surface area contributed by atoms with Crippen LogP contribution in [0.5, 0.6) is 17.2 Å². The first-order valence-corrected chi connectivity index (χ1v) is 43.5. The zero-order chi connectivity index (χ0) is 95.7. The molecule has 136 heavy (non-hydrogen) atoms. The molecule has 0 unspecified atom stereocenters. The van der Waals surface area contributed by atoms with E-state index in [2.05, 4.69) is 332 Å². The second-order valence-corrected chi connectivity index (χ2v) is 29.9. The van der Waals surface area contributed by atoms with Crippen molar-refractivity contribution in [2.75, 3.05) is 72.0 Å². The molecule has 9 heterocycles. The Bertz CT molecular complexity index is 7200. The zero-order valence-corrected chi connectivity index (χ0v) is 75.0. The number of likely N-dealkylation sites (tertiary alicyclic amines) is 2. The summed E-state index contributed by atoms with van der Waals surface area (Å²) in [7, 11) is -3.66. The number of rotatable bonds is 16. The van der Waals surface area contributed by atoms with Crippen molar-refractivity contribution < 1.29 is 49.5 Å². The van der Waals surface area contributed by atoms with Gasteiger partial charge in [0.1, 0.15) is 81.5 Å². The van der Waals surface area contributed by atoms with Crippen LogP contribution in [-0.2, 0) is 23.8 Å². The van der Waals surface area contributed by atoms with E-state index >= 15 is 0 Å². The van der Waals surface area contributed by atoms with E-state index < -0.39 is 16.2 Å². The molecule has 0 bridgehead atoms. The standard InChI is InChI=1S/C40H6.C22H20FNO.C21H24FN5O3.C13H18N4O5S.C9H10FNO.C5H4.CH4/c1-3-5-7-9-11-13-15-17-19-21-23-25-27-29-31-33-35-37-39-40-38-36-34-32-30-28-26-24-22-20-18-16-14-12-10-8-6-4-2;23-19-11-13-20(14-12-19)25-21-15-24(16-21)22(17-7-3-1-4-8-17)18-9-5-2-6-10-18;1-13(26-11-17(12-26)30-16-4-2-14(22)3-5-16)19-24-20-18(21(28)25-19)10-23-27(20)15-6-8-29-9-7-15;1-8(22-23(2,19)20)11-15-12-10(13(18)16-11)7-14-17(12)9-3-5-21-6-4-9;10-7-1-3-8(4-2-7)12-9-5-11-6-9;1-3-5-4-2;/h1-2H3;1-14,21-22H,15-16H2;2-5,10,13,15,17H,6-9,11-12H2,1H3,(H,24,25,28);7-9H,3-6H2,1-2H3,(H,15,16,18);1-4,9,11H,5-6H2;1H,2H3;1H4/t;;13-;8-;;;/m..10.../s1. The van der Waals surface area contributed by atoms with E-state index in [1.165, 1.54) is 60.6 Å². The number of H-pyrrole nitrogens is 2. The van der Waals surface area contributed by atoms with Crippen LogP contribution in [-0.4, -0.2) is 148 Å². The van der Waals surface area contributed by atoms with E-state index in [9.17, 15) is 31.2 Å². The highest BCUT2D eigenvalue weighted by Gasteiger charge is 2.37. The number of halogens is 3. The van der Waals surface area contributed by atoms with Crippen LogP contribution in [0, 0.1) is 267 Å². The smallest absolute Gasteiger partial charge is 0.265 e. The summed E-state index contributed by atoms with van der Waals surface area (Å²) in [6.45, 7) is 16.2. The van der Waals surface area contributed by atoms with E-state index in [-0.39, 0.29) is 84.3 Å². The van der Waals surface area contributed by atoms with Crippen LogP contribution in [0.25, 0.3) is 22.1 Å². The maximum Gasteiger partial charge on any atom is 0.265 e. The number of hydrogen-bond donors (Lipinski definition) is 3. The van der Waals surface area contributed by atoms with Crippen molar-refractivity contribution in [3.05, 3.63) is 207 Å². The van der Waals surface area contributed by atoms with Gasteiger partial charge in [-0.25, -0.2) is 32.5 Å². The highest BCUT2D eigenvalue weighted by molar-refractivity contribution is 7.86. The molecule has 0 aliphatic carbocycles. The summed E-state index contributed by atoms with van der Waals surface area (Å²) in [6.07, 6.45) is 11.6. The Kier molecular flexibility index (Phi) is 45.0. The third-order valence-corrected chi connectivity index (χ3v) is 19.4. The number of aromatic amines is 2. The molecule has 0 amide bonds. The average Bonchev–Trinajstić information content (AvgIpc) is 1.73. The molecule has 672 valence electrons. The molecular formula is C111H86F3N11O10S. The van der Waals surface area contributed by atoms with Crippen molar-refractivity contribution in [1.29, 1.82) is 0 Å². The predicted octanol–water partition coefficient (Wildman–Crippen LogP) is 11.2. The fourth-order valence-corrected chi connectivity index (χ4v) is 13.0. The highest BCUT2D eigenvalue weighted by atomic mass is 32.2. The van der Waals surface area contributed by atoms with Crippen molar-refractivity contribution >= 4 is 32.2 Å². The molecule has 21 nitrogen and oxygen atoms in total. The molecule has 5 fully saturated rings. The largest absolute Gasteiger partial charge is 0.488 e. The zero-order valence-electron chi connectivity index (χ0n) is 74.2. The van der Waals surface area contributed by atoms with Gasteiger partial charge in [0.15, 0.2) is 11.3 Å². The molecule has 3 N–H and O–H groups in total. The summed E-state index contributed by atoms with van der Waals surface area (Å²) in [6, 6.07) is 40.0. The van der Waals surface area contributed by atoms with Crippen LogP contribution in [0.2, 0.25) is 0 Å². The molecule has 2 atom stereocenters. The van der Waals surface area contributed by atoms with Crippen LogP contribution in [0.4, 0.5) is 13.2 Å². The molecule has 0 radical (unpaired) electrons. The van der Waals surface area contributed by atoms with Crippen LogP contribution in [0.3, 0.4) is 0 Å². The Morgan fingerprint density at radius 1 is 0.412 bits per heavy atom. The molecule has 5 aliphatic rings. The maximum absolute atomic E-state index is 13.0. The number of benzene rings is 5. The summed E-state index contributed by atoms with van der Waals surface area (Å²) in [5.41, 5.74) is 3.10.